The van der Waals surface area contributed by atoms with Crippen LogP contribution in [0.5, 0.6) is 0 Å². The highest BCUT2D eigenvalue weighted by molar-refractivity contribution is 5.19. The third-order valence-electron chi connectivity index (χ3n) is 2.71. The summed E-state index contributed by atoms with van der Waals surface area (Å²) in [5.41, 5.74) is 2.94. The number of nitrogens with zero attached hydrogens (tertiary/aromatic N) is 2. The standard InChI is InChI=1S/C12H16N2O2/c1-8-4-5-16-12(8)11(15)7-10-6-9(2)13-14(10)3/h4-6,11,15H,7H2,1-3H3. The van der Waals surface area contributed by atoms with Crippen LogP contribution in [0.2, 0.25) is 0 Å². The second kappa shape index (κ2) is 4.14. The molecule has 0 aliphatic rings. The van der Waals surface area contributed by atoms with Crippen molar-refractivity contribution in [2.45, 2.75) is 26.4 Å². The molecular weight excluding hydrogens is 204 g/mol. The van der Waals surface area contributed by atoms with Gasteiger partial charge in [0.15, 0.2) is 0 Å². The zero-order valence-electron chi connectivity index (χ0n) is 9.77. The number of aromatic nitrogens is 2. The summed E-state index contributed by atoms with van der Waals surface area (Å²) >= 11 is 0. The molecule has 4 nitrogen and oxygen atoms in total. The van der Waals surface area contributed by atoms with E-state index in [1.807, 2.05) is 33.0 Å². The van der Waals surface area contributed by atoms with E-state index in [2.05, 4.69) is 5.10 Å². The molecule has 1 N–H and O–H groups in total. The maximum Gasteiger partial charge on any atom is 0.135 e. The summed E-state index contributed by atoms with van der Waals surface area (Å²) in [7, 11) is 1.88. The molecule has 0 aliphatic heterocycles. The van der Waals surface area contributed by atoms with Crippen molar-refractivity contribution in [3.05, 3.63) is 41.1 Å². The Morgan fingerprint density at radius 3 is 2.75 bits per heavy atom. The van der Waals surface area contributed by atoms with Crippen molar-refractivity contribution in [1.29, 1.82) is 0 Å². The van der Waals surface area contributed by atoms with Crippen molar-refractivity contribution in [2.75, 3.05) is 0 Å². The molecule has 16 heavy (non-hydrogen) atoms. The first-order chi connectivity index (χ1) is 7.58. The zero-order chi connectivity index (χ0) is 11.7. The minimum Gasteiger partial charge on any atom is -0.466 e. The minimum absolute atomic E-state index is 0.520. The van der Waals surface area contributed by atoms with Crippen molar-refractivity contribution in [1.82, 2.24) is 9.78 Å². The first-order valence-corrected chi connectivity index (χ1v) is 5.29. The lowest BCUT2D eigenvalue weighted by Gasteiger charge is -2.08. The SMILES string of the molecule is Cc1cc(CC(O)c2occc2C)n(C)n1. The topological polar surface area (TPSA) is 51.2 Å². The number of rotatable bonds is 3. The molecule has 2 heterocycles. The number of aliphatic hydroxyl groups excluding tert-OH is 1. The van der Waals surface area contributed by atoms with Gasteiger partial charge in [-0.25, -0.2) is 0 Å². The van der Waals surface area contributed by atoms with Crippen molar-refractivity contribution in [3.8, 4) is 0 Å². The Hall–Kier alpha value is -1.55. The first kappa shape index (κ1) is 11.0. The molecule has 1 atom stereocenters. The van der Waals surface area contributed by atoms with Crippen molar-refractivity contribution in [3.63, 3.8) is 0 Å². The van der Waals surface area contributed by atoms with Crippen LogP contribution in [0, 0.1) is 13.8 Å². The molecule has 86 valence electrons. The Morgan fingerprint density at radius 1 is 1.50 bits per heavy atom. The van der Waals surface area contributed by atoms with Crippen molar-refractivity contribution < 1.29 is 9.52 Å². The summed E-state index contributed by atoms with van der Waals surface area (Å²) < 4.78 is 7.05. The van der Waals surface area contributed by atoms with Crippen LogP contribution in [0.3, 0.4) is 0 Å². The molecule has 0 bridgehead atoms. The molecule has 0 spiro atoms. The second-order valence-corrected chi connectivity index (χ2v) is 4.09. The molecule has 2 rings (SSSR count). The fourth-order valence-electron chi connectivity index (χ4n) is 1.87. The molecule has 0 amide bonds. The van der Waals surface area contributed by atoms with Gasteiger partial charge in [-0.1, -0.05) is 0 Å². The highest BCUT2D eigenvalue weighted by Gasteiger charge is 2.16. The molecular formula is C12H16N2O2. The smallest absolute Gasteiger partial charge is 0.135 e. The fraction of sp³-hybridized carbons (Fsp3) is 0.417. The quantitative estimate of drug-likeness (QED) is 0.859. The lowest BCUT2D eigenvalue weighted by Crippen LogP contribution is -2.06. The number of hydrogen-bond donors (Lipinski definition) is 1. The van der Waals surface area contributed by atoms with Gasteiger partial charge in [0.05, 0.1) is 12.0 Å². The molecule has 0 radical (unpaired) electrons. The van der Waals surface area contributed by atoms with Gasteiger partial charge in [-0.3, -0.25) is 4.68 Å². The molecule has 0 aromatic carbocycles. The second-order valence-electron chi connectivity index (χ2n) is 4.09. The van der Waals surface area contributed by atoms with Gasteiger partial charge in [0.25, 0.3) is 0 Å². The van der Waals surface area contributed by atoms with E-state index >= 15 is 0 Å². The van der Waals surface area contributed by atoms with Crippen LogP contribution in [0.1, 0.15) is 28.8 Å². The normalized spacial score (nSPS) is 13.0. The van der Waals surface area contributed by atoms with E-state index in [0.29, 0.717) is 12.2 Å². The molecule has 0 saturated heterocycles. The number of aryl methyl sites for hydroxylation is 3. The number of furan rings is 1. The van der Waals surface area contributed by atoms with Gasteiger partial charge in [-0.05, 0) is 31.5 Å². The van der Waals surface area contributed by atoms with Crippen LogP contribution in [0.25, 0.3) is 0 Å². The Kier molecular flexibility index (Phi) is 2.83. The van der Waals surface area contributed by atoms with Gasteiger partial charge in [0, 0.05) is 19.2 Å². The van der Waals surface area contributed by atoms with Gasteiger partial charge >= 0.3 is 0 Å². The lowest BCUT2D eigenvalue weighted by atomic mass is 10.1. The molecule has 0 aliphatic carbocycles. The molecule has 2 aromatic rings. The Labute approximate surface area is 94.5 Å². The van der Waals surface area contributed by atoms with Gasteiger partial charge in [0.2, 0.25) is 0 Å². The maximum absolute atomic E-state index is 10.0. The monoisotopic (exact) mass is 220 g/mol. The number of hydrogen-bond acceptors (Lipinski definition) is 3. The molecule has 0 saturated carbocycles. The van der Waals surface area contributed by atoms with Crippen LogP contribution in [0.4, 0.5) is 0 Å². The van der Waals surface area contributed by atoms with Gasteiger partial charge in [-0.15, -0.1) is 0 Å². The van der Waals surface area contributed by atoms with Crippen molar-refractivity contribution in [2.24, 2.45) is 7.05 Å². The van der Waals surface area contributed by atoms with Gasteiger partial charge in [-0.2, -0.15) is 5.10 Å². The predicted molar refractivity (Wildman–Crippen MR) is 60.1 cm³/mol. The molecule has 2 aromatic heterocycles. The Bertz CT molecular complexity index is 485. The average Bonchev–Trinajstić information content (AvgIpc) is 2.74. The first-order valence-electron chi connectivity index (χ1n) is 5.29. The lowest BCUT2D eigenvalue weighted by molar-refractivity contribution is 0.147. The molecule has 1 unspecified atom stereocenters. The Morgan fingerprint density at radius 2 is 2.25 bits per heavy atom. The predicted octanol–water partition coefficient (Wildman–Crippen LogP) is 1.91. The summed E-state index contributed by atoms with van der Waals surface area (Å²) in [5.74, 6) is 0.638. The largest absolute Gasteiger partial charge is 0.466 e. The fourth-order valence-corrected chi connectivity index (χ4v) is 1.87. The van der Waals surface area contributed by atoms with E-state index in [4.69, 9.17) is 4.42 Å². The van der Waals surface area contributed by atoms with E-state index < -0.39 is 6.10 Å². The summed E-state index contributed by atoms with van der Waals surface area (Å²) in [6, 6.07) is 3.83. The highest BCUT2D eigenvalue weighted by atomic mass is 16.4. The van der Waals surface area contributed by atoms with E-state index in [9.17, 15) is 5.11 Å². The Balaban J connectivity index is 2.16. The van der Waals surface area contributed by atoms with Crippen molar-refractivity contribution >= 4 is 0 Å². The molecule has 0 fully saturated rings. The van der Waals surface area contributed by atoms with E-state index in [-0.39, 0.29) is 0 Å². The van der Waals surface area contributed by atoms with Gasteiger partial charge in [0.1, 0.15) is 11.9 Å². The third-order valence-corrected chi connectivity index (χ3v) is 2.71. The van der Waals surface area contributed by atoms with Crippen LogP contribution in [0.15, 0.2) is 22.8 Å². The van der Waals surface area contributed by atoms with Crippen LogP contribution < -0.4 is 0 Å². The minimum atomic E-state index is -0.607. The summed E-state index contributed by atoms with van der Waals surface area (Å²) in [6.45, 7) is 3.87. The highest BCUT2D eigenvalue weighted by Crippen LogP contribution is 2.22. The van der Waals surface area contributed by atoms with Gasteiger partial charge < -0.3 is 9.52 Å². The maximum atomic E-state index is 10.0. The van der Waals surface area contributed by atoms with Crippen LogP contribution >= 0.6 is 0 Å². The summed E-state index contributed by atoms with van der Waals surface area (Å²) in [6.07, 6.45) is 1.51. The summed E-state index contributed by atoms with van der Waals surface area (Å²) in [5, 5.41) is 14.3. The number of aliphatic hydroxyl groups is 1. The van der Waals surface area contributed by atoms with Crippen LogP contribution in [-0.2, 0) is 13.5 Å². The third kappa shape index (κ3) is 2.02. The van der Waals surface area contributed by atoms with E-state index in [1.165, 1.54) is 0 Å². The van der Waals surface area contributed by atoms with Crippen LogP contribution in [-0.4, -0.2) is 14.9 Å². The van der Waals surface area contributed by atoms with E-state index in [1.54, 1.807) is 10.9 Å². The zero-order valence-corrected chi connectivity index (χ0v) is 9.77. The van der Waals surface area contributed by atoms with E-state index in [0.717, 1.165) is 17.0 Å². The molecule has 4 heteroatoms. The summed E-state index contributed by atoms with van der Waals surface area (Å²) in [4.78, 5) is 0. The average molecular weight is 220 g/mol.